The summed E-state index contributed by atoms with van der Waals surface area (Å²) in [6.07, 6.45) is -4.34. The van der Waals surface area contributed by atoms with Crippen LogP contribution in [0.3, 0.4) is 0 Å². The van der Waals surface area contributed by atoms with Crippen LogP contribution in [-0.2, 0) is 19.3 Å². The maximum atomic E-state index is 12.8. The van der Waals surface area contributed by atoms with Crippen LogP contribution in [0.2, 0.25) is 0 Å². The number of nitrogens with one attached hydrogen (secondary N) is 1. The fourth-order valence-corrected chi connectivity index (χ4v) is 1.87. The molecule has 0 saturated heterocycles. The third-order valence-electron chi connectivity index (χ3n) is 2.99. The summed E-state index contributed by atoms with van der Waals surface area (Å²) < 4.78 is 43.7. The molecule has 0 saturated carbocycles. The molecule has 20 heavy (non-hydrogen) atoms. The molecule has 0 unspecified atom stereocenters. The first-order valence-electron chi connectivity index (χ1n) is 6.16. The van der Waals surface area contributed by atoms with Crippen LogP contribution in [0.25, 0.3) is 0 Å². The monoisotopic (exact) mass is 284 g/mol. The van der Waals surface area contributed by atoms with E-state index in [-0.39, 0.29) is 12.1 Å². The second kappa shape index (κ2) is 5.66. The lowest BCUT2D eigenvalue weighted by Gasteiger charge is -2.12. The lowest BCUT2D eigenvalue weighted by atomic mass is 10.1. The van der Waals surface area contributed by atoms with E-state index in [0.29, 0.717) is 12.4 Å². The molecule has 0 aliphatic heterocycles. The maximum Gasteiger partial charge on any atom is 0.416 e. The minimum absolute atomic E-state index is 0.107. The lowest BCUT2D eigenvalue weighted by Crippen LogP contribution is -2.17. The second-order valence-corrected chi connectivity index (χ2v) is 4.51. The van der Waals surface area contributed by atoms with E-state index in [9.17, 15) is 13.2 Å². The molecule has 1 aromatic carbocycles. The van der Waals surface area contributed by atoms with Crippen LogP contribution in [0.5, 0.6) is 0 Å². The number of aryl methyl sites for hydroxylation is 2. The van der Waals surface area contributed by atoms with Crippen molar-refractivity contribution in [3.05, 3.63) is 52.7 Å². The highest BCUT2D eigenvalue weighted by molar-refractivity contribution is 5.29. The summed E-state index contributed by atoms with van der Waals surface area (Å²) >= 11 is 0. The van der Waals surface area contributed by atoms with Gasteiger partial charge in [0.1, 0.15) is 5.76 Å². The Morgan fingerprint density at radius 1 is 1.15 bits per heavy atom. The number of hydrogen-bond donors (Lipinski definition) is 1. The van der Waals surface area contributed by atoms with Gasteiger partial charge >= 0.3 is 6.18 Å². The first-order valence-corrected chi connectivity index (χ1v) is 6.16. The SMILES string of the molecule is Cc1nc(CNCc2ccccc2C(F)(F)F)oc1C. The molecular formula is C14H15F3N2O. The van der Waals surface area contributed by atoms with E-state index in [1.165, 1.54) is 12.1 Å². The van der Waals surface area contributed by atoms with Gasteiger partial charge in [-0.3, -0.25) is 0 Å². The Labute approximate surface area is 114 Å². The zero-order chi connectivity index (χ0) is 14.8. The summed E-state index contributed by atoms with van der Waals surface area (Å²) in [5.41, 5.74) is 0.379. The van der Waals surface area contributed by atoms with Crippen LogP contribution < -0.4 is 5.32 Å². The first kappa shape index (κ1) is 14.6. The molecule has 3 nitrogen and oxygen atoms in total. The first-order chi connectivity index (χ1) is 9.38. The van der Waals surface area contributed by atoms with Crippen molar-refractivity contribution in [2.45, 2.75) is 33.1 Å². The Hall–Kier alpha value is -1.82. The summed E-state index contributed by atoms with van der Waals surface area (Å²) in [4.78, 5) is 4.16. The van der Waals surface area contributed by atoms with Crippen molar-refractivity contribution in [3.63, 3.8) is 0 Å². The summed E-state index contributed by atoms with van der Waals surface area (Å²) in [7, 11) is 0. The smallest absolute Gasteiger partial charge is 0.416 e. The molecule has 108 valence electrons. The summed E-state index contributed by atoms with van der Waals surface area (Å²) in [5, 5.41) is 2.91. The second-order valence-electron chi connectivity index (χ2n) is 4.51. The Kier molecular flexibility index (Phi) is 4.13. The van der Waals surface area contributed by atoms with E-state index < -0.39 is 11.7 Å². The van der Waals surface area contributed by atoms with Crippen LogP contribution in [0.1, 0.15) is 28.5 Å². The molecule has 0 fully saturated rings. The van der Waals surface area contributed by atoms with Gasteiger partial charge in [-0.2, -0.15) is 13.2 Å². The number of benzene rings is 1. The predicted molar refractivity (Wildman–Crippen MR) is 68.0 cm³/mol. The zero-order valence-electron chi connectivity index (χ0n) is 11.2. The van der Waals surface area contributed by atoms with Crippen molar-refractivity contribution >= 4 is 0 Å². The molecule has 0 aliphatic rings. The molecule has 2 rings (SSSR count). The number of hydrogen-bond acceptors (Lipinski definition) is 3. The minimum Gasteiger partial charge on any atom is -0.444 e. The molecule has 6 heteroatoms. The molecule has 0 amide bonds. The van der Waals surface area contributed by atoms with E-state index in [1.807, 2.05) is 6.92 Å². The number of oxazole rings is 1. The van der Waals surface area contributed by atoms with Crippen molar-refractivity contribution in [1.29, 1.82) is 0 Å². The zero-order valence-corrected chi connectivity index (χ0v) is 11.2. The fourth-order valence-electron chi connectivity index (χ4n) is 1.87. The number of nitrogens with zero attached hydrogens (tertiary/aromatic N) is 1. The molecule has 0 bridgehead atoms. The van der Waals surface area contributed by atoms with Gasteiger partial charge in [0.2, 0.25) is 5.89 Å². The highest BCUT2D eigenvalue weighted by Crippen LogP contribution is 2.31. The molecular weight excluding hydrogens is 269 g/mol. The summed E-state index contributed by atoms with van der Waals surface area (Å²) in [6.45, 7) is 4.02. The van der Waals surface area contributed by atoms with E-state index in [4.69, 9.17) is 4.42 Å². The third-order valence-corrected chi connectivity index (χ3v) is 2.99. The van der Waals surface area contributed by atoms with Gasteiger partial charge in [-0.05, 0) is 25.5 Å². The molecule has 2 aromatic rings. The van der Waals surface area contributed by atoms with Crippen LogP contribution in [-0.4, -0.2) is 4.98 Å². The van der Waals surface area contributed by atoms with E-state index in [2.05, 4.69) is 10.3 Å². The van der Waals surface area contributed by atoms with Crippen LogP contribution in [0.4, 0.5) is 13.2 Å². The molecule has 0 radical (unpaired) electrons. The quantitative estimate of drug-likeness (QED) is 0.932. The summed E-state index contributed by atoms with van der Waals surface area (Å²) in [5.74, 6) is 1.20. The van der Waals surface area contributed by atoms with Crippen LogP contribution in [0.15, 0.2) is 28.7 Å². The van der Waals surface area contributed by atoms with Gasteiger partial charge in [-0.1, -0.05) is 18.2 Å². The maximum absolute atomic E-state index is 12.8. The van der Waals surface area contributed by atoms with E-state index >= 15 is 0 Å². The molecule has 0 aliphatic carbocycles. The number of halogens is 3. The third kappa shape index (κ3) is 3.39. The number of aromatic nitrogens is 1. The van der Waals surface area contributed by atoms with Crippen LogP contribution in [0, 0.1) is 13.8 Å². The van der Waals surface area contributed by atoms with Crippen molar-refractivity contribution in [2.24, 2.45) is 0 Å². The minimum atomic E-state index is -4.34. The average Bonchev–Trinajstić information content (AvgIpc) is 2.68. The highest BCUT2D eigenvalue weighted by Gasteiger charge is 2.32. The highest BCUT2D eigenvalue weighted by atomic mass is 19.4. The van der Waals surface area contributed by atoms with Gasteiger partial charge in [0, 0.05) is 6.54 Å². The van der Waals surface area contributed by atoms with E-state index in [1.54, 1.807) is 13.0 Å². The Balaban J connectivity index is 2.01. The van der Waals surface area contributed by atoms with Crippen molar-refractivity contribution in [3.8, 4) is 0 Å². The fraction of sp³-hybridized carbons (Fsp3) is 0.357. The van der Waals surface area contributed by atoms with Gasteiger partial charge in [0.15, 0.2) is 0 Å². The van der Waals surface area contributed by atoms with Crippen LogP contribution >= 0.6 is 0 Å². The lowest BCUT2D eigenvalue weighted by molar-refractivity contribution is -0.138. The predicted octanol–water partition coefficient (Wildman–Crippen LogP) is 3.60. The van der Waals surface area contributed by atoms with Crippen molar-refractivity contribution in [1.82, 2.24) is 10.3 Å². The normalized spacial score (nSPS) is 11.8. The van der Waals surface area contributed by atoms with Crippen molar-refractivity contribution in [2.75, 3.05) is 0 Å². The molecule has 0 spiro atoms. The topological polar surface area (TPSA) is 38.1 Å². The van der Waals surface area contributed by atoms with E-state index in [0.717, 1.165) is 17.5 Å². The molecule has 1 aromatic heterocycles. The Bertz CT molecular complexity index is 571. The van der Waals surface area contributed by atoms with Gasteiger partial charge in [0.25, 0.3) is 0 Å². The average molecular weight is 284 g/mol. The van der Waals surface area contributed by atoms with Crippen molar-refractivity contribution < 1.29 is 17.6 Å². The largest absolute Gasteiger partial charge is 0.444 e. The Morgan fingerprint density at radius 2 is 1.85 bits per heavy atom. The molecule has 0 atom stereocenters. The van der Waals surface area contributed by atoms with Gasteiger partial charge in [0.05, 0.1) is 17.8 Å². The van der Waals surface area contributed by atoms with Gasteiger partial charge < -0.3 is 9.73 Å². The van der Waals surface area contributed by atoms with Gasteiger partial charge in [-0.25, -0.2) is 4.98 Å². The summed E-state index contributed by atoms with van der Waals surface area (Å²) in [6, 6.07) is 5.51. The molecule has 1 N–H and O–H groups in total. The molecule has 1 heterocycles. The number of alkyl halides is 3. The standard InChI is InChI=1S/C14H15F3N2O/c1-9-10(2)20-13(19-9)8-18-7-11-5-3-4-6-12(11)14(15,16)17/h3-6,18H,7-8H2,1-2H3. The number of rotatable bonds is 4. The van der Waals surface area contributed by atoms with Gasteiger partial charge in [-0.15, -0.1) is 0 Å². The Morgan fingerprint density at radius 3 is 2.45 bits per heavy atom.